The standard InChI is InChI=1S/C22H27N3OS2/c1-6-27-19-10-8-7-9-17(19)21(26)25(12-11-24(4)5)22-23-18-13-15(2)16(3)14-20(18)28-22/h7-10,13-14H,6,11-12H2,1-5H3. The van der Waals surface area contributed by atoms with Crippen LogP contribution in [-0.2, 0) is 0 Å². The van der Waals surface area contributed by atoms with Crippen LogP contribution in [0.4, 0.5) is 5.13 Å². The molecule has 28 heavy (non-hydrogen) atoms. The fraction of sp³-hybridized carbons (Fsp3) is 0.364. The zero-order chi connectivity index (χ0) is 20.3. The number of aromatic nitrogens is 1. The van der Waals surface area contributed by atoms with Crippen LogP contribution in [0.5, 0.6) is 0 Å². The molecule has 0 saturated carbocycles. The Kier molecular flexibility index (Phi) is 6.75. The van der Waals surface area contributed by atoms with Crippen LogP contribution in [0.15, 0.2) is 41.3 Å². The van der Waals surface area contributed by atoms with E-state index in [1.54, 1.807) is 23.1 Å². The third-order valence-electron chi connectivity index (χ3n) is 4.66. The molecule has 0 atom stereocenters. The third-order valence-corrected chi connectivity index (χ3v) is 6.65. The van der Waals surface area contributed by atoms with Crippen LogP contribution in [0, 0.1) is 13.8 Å². The van der Waals surface area contributed by atoms with E-state index in [4.69, 9.17) is 4.98 Å². The average molecular weight is 414 g/mol. The molecule has 0 spiro atoms. The highest BCUT2D eigenvalue weighted by atomic mass is 32.2. The van der Waals surface area contributed by atoms with Gasteiger partial charge in [-0.05, 0) is 69.1 Å². The first kappa shape index (κ1) is 20.8. The van der Waals surface area contributed by atoms with Gasteiger partial charge in [-0.3, -0.25) is 9.69 Å². The molecule has 1 aromatic heterocycles. The monoisotopic (exact) mass is 413 g/mol. The van der Waals surface area contributed by atoms with Crippen molar-refractivity contribution in [1.29, 1.82) is 0 Å². The summed E-state index contributed by atoms with van der Waals surface area (Å²) < 4.78 is 1.12. The van der Waals surface area contributed by atoms with Crippen LogP contribution >= 0.6 is 23.1 Å². The Morgan fingerprint density at radius 3 is 2.54 bits per heavy atom. The molecule has 6 heteroatoms. The molecule has 148 valence electrons. The van der Waals surface area contributed by atoms with Gasteiger partial charge < -0.3 is 4.90 Å². The van der Waals surface area contributed by atoms with E-state index in [1.165, 1.54) is 11.1 Å². The summed E-state index contributed by atoms with van der Waals surface area (Å²) in [5, 5.41) is 0.767. The van der Waals surface area contributed by atoms with E-state index in [2.05, 4.69) is 37.8 Å². The van der Waals surface area contributed by atoms with Crippen molar-refractivity contribution in [1.82, 2.24) is 9.88 Å². The summed E-state index contributed by atoms with van der Waals surface area (Å²) in [7, 11) is 4.04. The van der Waals surface area contributed by atoms with Gasteiger partial charge in [0.1, 0.15) is 0 Å². The van der Waals surface area contributed by atoms with Gasteiger partial charge in [-0.25, -0.2) is 4.98 Å². The number of aryl methyl sites for hydroxylation is 2. The molecule has 0 saturated heterocycles. The van der Waals surface area contributed by atoms with Crippen molar-refractivity contribution in [3.8, 4) is 0 Å². The van der Waals surface area contributed by atoms with E-state index < -0.39 is 0 Å². The SMILES string of the molecule is CCSc1ccccc1C(=O)N(CCN(C)C)c1nc2cc(C)c(C)cc2s1. The highest BCUT2D eigenvalue weighted by Crippen LogP contribution is 2.32. The maximum Gasteiger partial charge on any atom is 0.261 e. The van der Waals surface area contributed by atoms with Crippen LogP contribution in [-0.4, -0.2) is 48.7 Å². The number of thioether (sulfide) groups is 1. The largest absolute Gasteiger partial charge is 0.308 e. The van der Waals surface area contributed by atoms with Gasteiger partial charge in [-0.2, -0.15) is 0 Å². The lowest BCUT2D eigenvalue weighted by Crippen LogP contribution is -2.37. The van der Waals surface area contributed by atoms with Crippen molar-refractivity contribution in [2.75, 3.05) is 37.8 Å². The molecule has 0 fully saturated rings. The van der Waals surface area contributed by atoms with Crippen molar-refractivity contribution in [2.24, 2.45) is 0 Å². The fourth-order valence-electron chi connectivity index (χ4n) is 2.94. The number of carbonyl (C=O) groups is 1. The number of amides is 1. The second-order valence-corrected chi connectivity index (χ2v) is 9.40. The number of rotatable bonds is 7. The molecule has 4 nitrogen and oxygen atoms in total. The molecule has 0 bridgehead atoms. The Hall–Kier alpha value is -1.89. The molecule has 2 aromatic carbocycles. The van der Waals surface area contributed by atoms with Gasteiger partial charge in [0.2, 0.25) is 0 Å². The summed E-state index contributed by atoms with van der Waals surface area (Å²) >= 11 is 3.29. The molecule has 0 aliphatic carbocycles. The van der Waals surface area contributed by atoms with Crippen LogP contribution in [0.1, 0.15) is 28.4 Å². The van der Waals surface area contributed by atoms with Crippen LogP contribution in [0.2, 0.25) is 0 Å². The van der Waals surface area contributed by atoms with Gasteiger partial charge >= 0.3 is 0 Å². The minimum atomic E-state index is 0.0194. The summed E-state index contributed by atoms with van der Waals surface area (Å²) in [6, 6.07) is 12.1. The summed E-state index contributed by atoms with van der Waals surface area (Å²) in [6.45, 7) is 7.70. The molecule has 0 aliphatic rings. The van der Waals surface area contributed by atoms with E-state index in [1.807, 2.05) is 43.3 Å². The summed E-state index contributed by atoms with van der Waals surface area (Å²) in [4.78, 5) is 23.3. The van der Waals surface area contributed by atoms with Crippen LogP contribution < -0.4 is 4.90 Å². The highest BCUT2D eigenvalue weighted by molar-refractivity contribution is 7.99. The van der Waals surface area contributed by atoms with Gasteiger partial charge in [-0.15, -0.1) is 11.8 Å². The number of thiazole rings is 1. The van der Waals surface area contributed by atoms with Crippen molar-refractivity contribution < 1.29 is 4.79 Å². The molecule has 1 heterocycles. The lowest BCUT2D eigenvalue weighted by molar-refractivity contribution is 0.0982. The second-order valence-electron chi connectivity index (χ2n) is 7.09. The Morgan fingerprint density at radius 2 is 1.82 bits per heavy atom. The number of nitrogens with zero attached hydrogens (tertiary/aromatic N) is 3. The average Bonchev–Trinajstić information content (AvgIpc) is 3.05. The number of anilines is 1. The number of hydrogen-bond donors (Lipinski definition) is 0. The quantitative estimate of drug-likeness (QED) is 0.497. The van der Waals surface area contributed by atoms with Crippen molar-refractivity contribution in [2.45, 2.75) is 25.7 Å². The van der Waals surface area contributed by atoms with E-state index in [0.717, 1.165) is 38.1 Å². The van der Waals surface area contributed by atoms with E-state index in [-0.39, 0.29) is 5.91 Å². The lowest BCUT2D eigenvalue weighted by Gasteiger charge is -2.23. The Balaban J connectivity index is 2.03. The van der Waals surface area contributed by atoms with Crippen molar-refractivity contribution in [3.05, 3.63) is 53.1 Å². The molecule has 1 amide bonds. The summed E-state index contributed by atoms with van der Waals surface area (Å²) in [5.74, 6) is 0.952. The van der Waals surface area contributed by atoms with Gasteiger partial charge in [0.05, 0.1) is 15.8 Å². The third kappa shape index (κ3) is 4.57. The predicted molar refractivity (Wildman–Crippen MR) is 122 cm³/mol. The minimum absolute atomic E-state index is 0.0194. The molecule has 3 rings (SSSR count). The highest BCUT2D eigenvalue weighted by Gasteiger charge is 2.23. The Bertz CT molecular complexity index is 942. The fourth-order valence-corrected chi connectivity index (χ4v) is 4.80. The first-order valence-corrected chi connectivity index (χ1v) is 11.3. The molecule has 0 aliphatic heterocycles. The first-order valence-electron chi connectivity index (χ1n) is 9.47. The second kappa shape index (κ2) is 9.07. The zero-order valence-corrected chi connectivity index (χ0v) is 18.8. The van der Waals surface area contributed by atoms with Crippen LogP contribution in [0.3, 0.4) is 0 Å². The topological polar surface area (TPSA) is 36.4 Å². The number of likely N-dealkylation sites (N-methyl/N-ethyl adjacent to an activating group) is 1. The predicted octanol–water partition coefficient (Wildman–Crippen LogP) is 5.23. The van der Waals surface area contributed by atoms with E-state index in [9.17, 15) is 4.79 Å². The molecular weight excluding hydrogens is 386 g/mol. The molecule has 3 aromatic rings. The Morgan fingerprint density at radius 1 is 1.11 bits per heavy atom. The number of fused-ring (bicyclic) bond motifs is 1. The first-order chi connectivity index (χ1) is 13.4. The summed E-state index contributed by atoms with van der Waals surface area (Å²) in [5.41, 5.74) is 4.18. The number of benzene rings is 2. The molecular formula is C22H27N3OS2. The van der Waals surface area contributed by atoms with Gasteiger partial charge in [0, 0.05) is 18.0 Å². The molecule has 0 N–H and O–H groups in total. The number of hydrogen-bond acceptors (Lipinski definition) is 5. The lowest BCUT2D eigenvalue weighted by atomic mass is 10.1. The van der Waals surface area contributed by atoms with Gasteiger partial charge in [0.25, 0.3) is 5.91 Å². The maximum absolute atomic E-state index is 13.5. The number of carbonyl (C=O) groups excluding carboxylic acids is 1. The molecule has 0 unspecified atom stereocenters. The van der Waals surface area contributed by atoms with Crippen molar-refractivity contribution in [3.63, 3.8) is 0 Å². The molecule has 0 radical (unpaired) electrons. The van der Waals surface area contributed by atoms with E-state index >= 15 is 0 Å². The van der Waals surface area contributed by atoms with Gasteiger partial charge in [-0.1, -0.05) is 30.4 Å². The minimum Gasteiger partial charge on any atom is -0.308 e. The smallest absolute Gasteiger partial charge is 0.261 e. The summed E-state index contributed by atoms with van der Waals surface area (Å²) in [6.07, 6.45) is 0. The normalized spacial score (nSPS) is 11.4. The van der Waals surface area contributed by atoms with Gasteiger partial charge in [0.15, 0.2) is 5.13 Å². The van der Waals surface area contributed by atoms with Crippen LogP contribution in [0.25, 0.3) is 10.2 Å². The van der Waals surface area contributed by atoms with E-state index in [0.29, 0.717) is 6.54 Å². The zero-order valence-electron chi connectivity index (χ0n) is 17.2. The Labute approximate surface area is 175 Å². The van der Waals surface area contributed by atoms with Crippen molar-refractivity contribution >= 4 is 44.4 Å². The maximum atomic E-state index is 13.5.